The second kappa shape index (κ2) is 6.42. The summed E-state index contributed by atoms with van der Waals surface area (Å²) in [5, 5.41) is 0. The van der Waals surface area contributed by atoms with Crippen molar-refractivity contribution < 1.29 is 4.74 Å². The largest absolute Gasteiger partial charge is 0.496 e. The van der Waals surface area contributed by atoms with Gasteiger partial charge in [0, 0.05) is 10.5 Å². The van der Waals surface area contributed by atoms with Crippen LogP contribution in [0.15, 0.2) is 40.9 Å². The van der Waals surface area contributed by atoms with Gasteiger partial charge in [0.05, 0.1) is 7.11 Å². The van der Waals surface area contributed by atoms with E-state index in [-0.39, 0.29) is 6.04 Å². The molecule has 106 valence electrons. The summed E-state index contributed by atoms with van der Waals surface area (Å²) in [6.45, 7) is 4.20. The summed E-state index contributed by atoms with van der Waals surface area (Å²) in [5.41, 5.74) is 11.2. The van der Waals surface area contributed by atoms with Gasteiger partial charge in [-0.1, -0.05) is 45.3 Å². The second-order valence-electron chi connectivity index (χ2n) is 5.19. The van der Waals surface area contributed by atoms with E-state index in [1.54, 1.807) is 7.11 Å². The lowest BCUT2D eigenvalue weighted by Gasteiger charge is -2.16. The van der Waals surface area contributed by atoms with Crippen LogP contribution in [-0.4, -0.2) is 7.11 Å². The van der Waals surface area contributed by atoms with E-state index in [1.165, 1.54) is 16.7 Å². The molecule has 0 heterocycles. The predicted octanol–water partition coefficient (Wildman–Crippen LogP) is 4.32. The highest BCUT2D eigenvalue weighted by Crippen LogP contribution is 2.27. The zero-order valence-corrected chi connectivity index (χ0v) is 13.7. The van der Waals surface area contributed by atoms with Crippen molar-refractivity contribution in [1.82, 2.24) is 0 Å². The summed E-state index contributed by atoms with van der Waals surface area (Å²) >= 11 is 3.50. The maximum absolute atomic E-state index is 6.37. The second-order valence-corrected chi connectivity index (χ2v) is 6.10. The van der Waals surface area contributed by atoms with Crippen LogP contribution in [0.5, 0.6) is 5.75 Å². The van der Waals surface area contributed by atoms with E-state index >= 15 is 0 Å². The quantitative estimate of drug-likeness (QED) is 0.904. The normalized spacial score (nSPS) is 12.2. The summed E-state index contributed by atoms with van der Waals surface area (Å²) in [7, 11) is 1.69. The van der Waals surface area contributed by atoms with Gasteiger partial charge in [0.15, 0.2) is 0 Å². The SMILES string of the molecule is COc1ccc(Br)cc1CC(N)c1cc(C)cc(C)c1. The number of benzene rings is 2. The maximum atomic E-state index is 6.37. The Morgan fingerprint density at radius 2 is 1.75 bits per heavy atom. The highest BCUT2D eigenvalue weighted by molar-refractivity contribution is 9.10. The lowest BCUT2D eigenvalue weighted by Crippen LogP contribution is -2.14. The first-order chi connectivity index (χ1) is 9.49. The fraction of sp³-hybridized carbons (Fsp3) is 0.294. The Balaban J connectivity index is 2.27. The van der Waals surface area contributed by atoms with Crippen molar-refractivity contribution in [3.63, 3.8) is 0 Å². The first kappa shape index (κ1) is 15.1. The Morgan fingerprint density at radius 1 is 1.10 bits per heavy atom. The molecule has 0 saturated carbocycles. The van der Waals surface area contributed by atoms with Gasteiger partial charge in [-0.25, -0.2) is 0 Å². The number of methoxy groups -OCH3 is 1. The van der Waals surface area contributed by atoms with Crippen LogP contribution in [0.2, 0.25) is 0 Å². The number of hydrogen-bond donors (Lipinski definition) is 1. The van der Waals surface area contributed by atoms with Crippen LogP contribution in [0, 0.1) is 13.8 Å². The molecule has 2 aromatic rings. The van der Waals surface area contributed by atoms with E-state index < -0.39 is 0 Å². The van der Waals surface area contributed by atoms with Crippen LogP contribution in [0.1, 0.15) is 28.3 Å². The van der Waals surface area contributed by atoms with E-state index in [0.717, 1.165) is 22.2 Å². The zero-order valence-electron chi connectivity index (χ0n) is 12.1. The Kier molecular flexibility index (Phi) is 4.84. The van der Waals surface area contributed by atoms with Gasteiger partial charge in [0.1, 0.15) is 5.75 Å². The van der Waals surface area contributed by atoms with Crippen molar-refractivity contribution >= 4 is 15.9 Å². The topological polar surface area (TPSA) is 35.2 Å². The van der Waals surface area contributed by atoms with Crippen LogP contribution >= 0.6 is 15.9 Å². The van der Waals surface area contributed by atoms with Gasteiger partial charge < -0.3 is 10.5 Å². The molecular weight excluding hydrogens is 314 g/mol. The van der Waals surface area contributed by atoms with Crippen LogP contribution in [-0.2, 0) is 6.42 Å². The van der Waals surface area contributed by atoms with Crippen molar-refractivity contribution in [3.05, 3.63) is 63.1 Å². The summed E-state index contributed by atoms with van der Waals surface area (Å²) in [5.74, 6) is 0.882. The summed E-state index contributed by atoms with van der Waals surface area (Å²) < 4.78 is 6.45. The Morgan fingerprint density at radius 3 is 2.35 bits per heavy atom. The van der Waals surface area contributed by atoms with E-state index in [4.69, 9.17) is 10.5 Å². The number of nitrogens with two attached hydrogens (primary N) is 1. The molecule has 0 bridgehead atoms. The minimum absolute atomic E-state index is 0.0307. The fourth-order valence-corrected chi connectivity index (χ4v) is 2.89. The lowest BCUT2D eigenvalue weighted by molar-refractivity contribution is 0.408. The number of hydrogen-bond acceptors (Lipinski definition) is 2. The average molecular weight is 334 g/mol. The molecule has 2 rings (SSSR count). The third kappa shape index (κ3) is 3.62. The molecule has 0 spiro atoms. The number of aryl methyl sites for hydroxylation is 2. The van der Waals surface area contributed by atoms with Crippen molar-refractivity contribution in [2.24, 2.45) is 5.73 Å². The molecule has 0 radical (unpaired) electrons. The Hall–Kier alpha value is -1.32. The lowest BCUT2D eigenvalue weighted by atomic mass is 9.96. The van der Waals surface area contributed by atoms with Gasteiger partial charge in [0.25, 0.3) is 0 Å². The first-order valence-corrected chi connectivity index (χ1v) is 7.45. The van der Waals surface area contributed by atoms with Crippen molar-refractivity contribution in [3.8, 4) is 5.75 Å². The highest BCUT2D eigenvalue weighted by Gasteiger charge is 2.12. The highest BCUT2D eigenvalue weighted by atomic mass is 79.9. The standard InChI is InChI=1S/C17H20BrNO/c1-11-6-12(2)8-13(7-11)16(19)10-14-9-15(18)4-5-17(14)20-3/h4-9,16H,10,19H2,1-3H3. The van der Waals surface area contributed by atoms with Crippen LogP contribution in [0.3, 0.4) is 0 Å². The Labute approximate surface area is 129 Å². The molecule has 20 heavy (non-hydrogen) atoms. The zero-order chi connectivity index (χ0) is 14.7. The molecule has 1 atom stereocenters. The van der Waals surface area contributed by atoms with Gasteiger partial charge in [-0.2, -0.15) is 0 Å². The van der Waals surface area contributed by atoms with E-state index in [9.17, 15) is 0 Å². The molecule has 0 aliphatic heterocycles. The first-order valence-electron chi connectivity index (χ1n) is 6.66. The number of ether oxygens (including phenoxy) is 1. The van der Waals surface area contributed by atoms with Crippen molar-refractivity contribution in [2.45, 2.75) is 26.3 Å². The molecule has 2 aromatic carbocycles. The third-order valence-electron chi connectivity index (χ3n) is 3.35. The van der Waals surface area contributed by atoms with Crippen LogP contribution in [0.4, 0.5) is 0 Å². The average Bonchev–Trinajstić information content (AvgIpc) is 2.37. The van der Waals surface area contributed by atoms with Gasteiger partial charge >= 0.3 is 0 Å². The molecule has 0 aromatic heterocycles. The molecular formula is C17H20BrNO. The molecule has 0 fully saturated rings. The molecule has 0 aliphatic carbocycles. The molecule has 0 aliphatic rings. The summed E-state index contributed by atoms with van der Waals surface area (Å²) in [6, 6.07) is 12.5. The van der Waals surface area contributed by atoms with E-state index in [1.807, 2.05) is 12.1 Å². The smallest absolute Gasteiger partial charge is 0.122 e. The van der Waals surface area contributed by atoms with E-state index in [0.29, 0.717) is 0 Å². The minimum Gasteiger partial charge on any atom is -0.496 e. The summed E-state index contributed by atoms with van der Waals surface area (Å²) in [6.07, 6.45) is 0.755. The van der Waals surface area contributed by atoms with Gasteiger partial charge in [-0.3, -0.25) is 0 Å². The molecule has 0 saturated heterocycles. The molecule has 2 nitrogen and oxygen atoms in total. The maximum Gasteiger partial charge on any atom is 0.122 e. The van der Waals surface area contributed by atoms with E-state index in [2.05, 4.69) is 54.0 Å². The van der Waals surface area contributed by atoms with Gasteiger partial charge in [-0.15, -0.1) is 0 Å². The predicted molar refractivity (Wildman–Crippen MR) is 87.2 cm³/mol. The van der Waals surface area contributed by atoms with Gasteiger partial charge in [0.2, 0.25) is 0 Å². The van der Waals surface area contributed by atoms with Crippen LogP contribution < -0.4 is 10.5 Å². The fourth-order valence-electron chi connectivity index (χ4n) is 2.49. The van der Waals surface area contributed by atoms with Crippen LogP contribution in [0.25, 0.3) is 0 Å². The van der Waals surface area contributed by atoms with Crippen molar-refractivity contribution in [2.75, 3.05) is 7.11 Å². The third-order valence-corrected chi connectivity index (χ3v) is 3.85. The summed E-state index contributed by atoms with van der Waals surface area (Å²) in [4.78, 5) is 0. The number of rotatable bonds is 4. The number of halogens is 1. The minimum atomic E-state index is -0.0307. The van der Waals surface area contributed by atoms with Crippen molar-refractivity contribution in [1.29, 1.82) is 0 Å². The molecule has 1 unspecified atom stereocenters. The Bertz CT molecular complexity index is 590. The monoisotopic (exact) mass is 333 g/mol. The molecule has 2 N–H and O–H groups in total. The van der Waals surface area contributed by atoms with Gasteiger partial charge in [-0.05, 0) is 49.6 Å². The molecule has 0 amide bonds. The molecule has 3 heteroatoms.